The van der Waals surface area contributed by atoms with E-state index in [9.17, 15) is 10.1 Å². The van der Waals surface area contributed by atoms with Gasteiger partial charge in [-0.15, -0.1) is 0 Å². The number of nitro benzene ring substituents is 1. The first kappa shape index (κ1) is 15.7. The third kappa shape index (κ3) is 4.12. The van der Waals surface area contributed by atoms with Crippen LogP contribution in [-0.4, -0.2) is 17.3 Å². The van der Waals surface area contributed by atoms with E-state index in [0.29, 0.717) is 17.4 Å². The van der Waals surface area contributed by atoms with Crippen LogP contribution in [0.1, 0.15) is 11.5 Å². The number of benzene rings is 2. The molecule has 2 aromatic carbocycles. The van der Waals surface area contributed by atoms with Crippen LogP contribution in [0, 0.1) is 10.1 Å². The summed E-state index contributed by atoms with van der Waals surface area (Å²) in [6.45, 7) is 0.300. The summed E-state index contributed by atoms with van der Waals surface area (Å²) in [6, 6.07) is 14.0. The molecule has 0 saturated heterocycles. The van der Waals surface area contributed by atoms with Crippen LogP contribution >= 0.6 is 24.2 Å². The lowest BCUT2D eigenvalue weighted by Crippen LogP contribution is -2.12. The molecule has 0 bridgehead atoms. The summed E-state index contributed by atoms with van der Waals surface area (Å²) in [6.07, 6.45) is 0. The molecular formula is C15H14ClNO3S. The van der Waals surface area contributed by atoms with E-state index in [4.69, 9.17) is 16.3 Å². The average Bonchev–Trinajstić information content (AvgIpc) is 2.48. The molecule has 0 aromatic heterocycles. The number of ether oxygens (including phenoxy) is 1. The van der Waals surface area contributed by atoms with Crippen LogP contribution < -0.4 is 4.74 Å². The second-order valence-corrected chi connectivity index (χ2v) is 5.27. The molecule has 0 heterocycles. The van der Waals surface area contributed by atoms with E-state index >= 15 is 0 Å². The molecule has 0 aliphatic heterocycles. The number of rotatable bonds is 6. The van der Waals surface area contributed by atoms with Gasteiger partial charge in [0.05, 0.1) is 11.5 Å². The van der Waals surface area contributed by atoms with Crippen molar-refractivity contribution in [3.8, 4) is 5.75 Å². The molecule has 0 aliphatic carbocycles. The fraction of sp³-hybridized carbons (Fsp3) is 0.200. The van der Waals surface area contributed by atoms with Gasteiger partial charge in [0.25, 0.3) is 0 Å². The molecule has 2 rings (SSSR count). The first-order valence-electron chi connectivity index (χ1n) is 6.34. The van der Waals surface area contributed by atoms with Gasteiger partial charge in [0.15, 0.2) is 5.75 Å². The van der Waals surface area contributed by atoms with Gasteiger partial charge >= 0.3 is 5.69 Å². The molecular weight excluding hydrogens is 310 g/mol. The molecule has 0 fully saturated rings. The van der Waals surface area contributed by atoms with Gasteiger partial charge in [-0.2, -0.15) is 12.6 Å². The Bertz CT molecular complexity index is 622. The first-order valence-corrected chi connectivity index (χ1v) is 7.35. The zero-order chi connectivity index (χ0) is 15.2. The van der Waals surface area contributed by atoms with Gasteiger partial charge in [-0.1, -0.05) is 41.9 Å². The van der Waals surface area contributed by atoms with Crippen LogP contribution in [0.5, 0.6) is 5.75 Å². The number of hydrogen-bond acceptors (Lipinski definition) is 4. The van der Waals surface area contributed by atoms with E-state index in [-0.39, 0.29) is 17.4 Å². The Balaban J connectivity index is 2.15. The molecule has 0 radical (unpaired) electrons. The Morgan fingerprint density at radius 3 is 2.57 bits per heavy atom. The van der Waals surface area contributed by atoms with E-state index in [1.54, 1.807) is 0 Å². The van der Waals surface area contributed by atoms with Crippen molar-refractivity contribution < 1.29 is 9.66 Å². The predicted octanol–water partition coefficient (Wildman–Crippen LogP) is 4.34. The van der Waals surface area contributed by atoms with Crippen molar-refractivity contribution in [2.45, 2.75) is 5.92 Å². The molecule has 21 heavy (non-hydrogen) atoms. The summed E-state index contributed by atoms with van der Waals surface area (Å²) in [4.78, 5) is 10.5. The monoisotopic (exact) mass is 323 g/mol. The smallest absolute Gasteiger partial charge is 0.311 e. The Kier molecular flexibility index (Phi) is 5.47. The lowest BCUT2D eigenvalue weighted by molar-refractivity contribution is -0.385. The van der Waals surface area contributed by atoms with Crippen LogP contribution in [0.4, 0.5) is 5.69 Å². The highest BCUT2D eigenvalue weighted by atomic mass is 35.5. The largest absolute Gasteiger partial charge is 0.486 e. The quantitative estimate of drug-likeness (QED) is 0.489. The second-order valence-electron chi connectivity index (χ2n) is 4.47. The van der Waals surface area contributed by atoms with Crippen molar-refractivity contribution in [1.29, 1.82) is 0 Å². The third-order valence-corrected chi connectivity index (χ3v) is 3.73. The van der Waals surface area contributed by atoms with E-state index in [0.717, 1.165) is 5.56 Å². The van der Waals surface area contributed by atoms with Crippen molar-refractivity contribution in [2.24, 2.45) is 0 Å². The molecule has 2 aromatic rings. The molecule has 4 nitrogen and oxygen atoms in total. The minimum Gasteiger partial charge on any atom is -0.486 e. The Hall–Kier alpha value is -1.72. The van der Waals surface area contributed by atoms with Crippen molar-refractivity contribution in [3.05, 3.63) is 69.2 Å². The van der Waals surface area contributed by atoms with Gasteiger partial charge in [-0.25, -0.2) is 0 Å². The summed E-state index contributed by atoms with van der Waals surface area (Å²) in [5.74, 6) is 0.807. The highest BCUT2D eigenvalue weighted by Crippen LogP contribution is 2.31. The molecule has 0 N–H and O–H groups in total. The van der Waals surface area contributed by atoms with Crippen LogP contribution in [0.2, 0.25) is 5.02 Å². The average molecular weight is 324 g/mol. The molecule has 0 aliphatic rings. The van der Waals surface area contributed by atoms with Crippen LogP contribution in [0.15, 0.2) is 48.5 Å². The van der Waals surface area contributed by atoms with Crippen molar-refractivity contribution in [1.82, 2.24) is 0 Å². The summed E-state index contributed by atoms with van der Waals surface area (Å²) in [5, 5.41) is 11.4. The molecule has 110 valence electrons. The summed E-state index contributed by atoms with van der Waals surface area (Å²) >= 11 is 10.2. The number of hydrogen-bond donors (Lipinski definition) is 1. The van der Waals surface area contributed by atoms with Crippen LogP contribution in [0.25, 0.3) is 0 Å². The number of halogens is 1. The zero-order valence-corrected chi connectivity index (χ0v) is 12.8. The maximum atomic E-state index is 11.0. The predicted molar refractivity (Wildman–Crippen MR) is 86.6 cm³/mol. The Morgan fingerprint density at radius 1 is 1.24 bits per heavy atom. The van der Waals surface area contributed by atoms with Crippen molar-refractivity contribution >= 4 is 29.9 Å². The minimum atomic E-state index is -0.482. The van der Waals surface area contributed by atoms with E-state index in [1.807, 2.05) is 30.3 Å². The highest BCUT2D eigenvalue weighted by Gasteiger charge is 2.18. The van der Waals surface area contributed by atoms with E-state index in [2.05, 4.69) is 12.6 Å². The fourth-order valence-electron chi connectivity index (χ4n) is 1.92. The van der Waals surface area contributed by atoms with E-state index in [1.165, 1.54) is 18.2 Å². The number of nitro groups is 1. The van der Waals surface area contributed by atoms with Crippen molar-refractivity contribution in [3.63, 3.8) is 0 Å². The normalized spacial score (nSPS) is 11.9. The topological polar surface area (TPSA) is 52.4 Å². The lowest BCUT2D eigenvalue weighted by atomic mass is 10.0. The van der Waals surface area contributed by atoms with Gasteiger partial charge in [-0.05, 0) is 11.6 Å². The molecule has 0 saturated carbocycles. The highest BCUT2D eigenvalue weighted by molar-refractivity contribution is 7.80. The first-order chi connectivity index (χ1) is 10.1. The standard InChI is InChI=1S/C15H14ClNO3S/c16-13-6-7-14(17(18)19)15(8-13)20-9-12(10-21)11-4-2-1-3-5-11/h1-8,12,21H,9-10H2. The van der Waals surface area contributed by atoms with Crippen LogP contribution in [0.3, 0.4) is 0 Å². The SMILES string of the molecule is O=[N+]([O-])c1ccc(Cl)cc1OCC(CS)c1ccccc1. The maximum Gasteiger partial charge on any atom is 0.311 e. The zero-order valence-electron chi connectivity index (χ0n) is 11.1. The summed E-state index contributed by atoms with van der Waals surface area (Å²) < 4.78 is 5.61. The third-order valence-electron chi connectivity index (χ3n) is 3.05. The fourth-order valence-corrected chi connectivity index (χ4v) is 2.40. The van der Waals surface area contributed by atoms with Crippen molar-refractivity contribution in [2.75, 3.05) is 12.4 Å². The van der Waals surface area contributed by atoms with Crippen LogP contribution in [-0.2, 0) is 0 Å². The summed E-state index contributed by atoms with van der Waals surface area (Å²) in [7, 11) is 0. The van der Waals surface area contributed by atoms with Gasteiger partial charge in [0.1, 0.15) is 0 Å². The van der Waals surface area contributed by atoms with Gasteiger partial charge in [-0.3, -0.25) is 10.1 Å². The summed E-state index contributed by atoms with van der Waals surface area (Å²) in [5.41, 5.74) is 0.988. The Morgan fingerprint density at radius 2 is 1.95 bits per heavy atom. The number of nitrogens with zero attached hydrogens (tertiary/aromatic N) is 1. The minimum absolute atomic E-state index is 0.0492. The van der Waals surface area contributed by atoms with E-state index < -0.39 is 4.92 Å². The molecule has 0 amide bonds. The second kappa shape index (κ2) is 7.33. The molecule has 1 unspecified atom stereocenters. The van der Waals surface area contributed by atoms with Gasteiger partial charge in [0.2, 0.25) is 0 Å². The van der Waals surface area contributed by atoms with Gasteiger partial charge < -0.3 is 4.74 Å². The number of thiol groups is 1. The lowest BCUT2D eigenvalue weighted by Gasteiger charge is -2.16. The molecule has 1 atom stereocenters. The van der Waals surface area contributed by atoms with Gasteiger partial charge in [0, 0.05) is 28.8 Å². The maximum absolute atomic E-state index is 11.0. The molecule has 6 heteroatoms. The molecule has 0 spiro atoms. The Labute approximate surface area is 133 Å².